The number of fused-ring (bicyclic) bond motifs is 4. The third kappa shape index (κ3) is 8.07. The first-order valence-electron chi connectivity index (χ1n) is 17.7. The van der Waals surface area contributed by atoms with Gasteiger partial charge in [-0.15, -0.1) is 17.7 Å². The van der Waals surface area contributed by atoms with Gasteiger partial charge >= 0.3 is 126 Å². The van der Waals surface area contributed by atoms with E-state index in [0.29, 0.717) is 10.7 Å². The van der Waals surface area contributed by atoms with Crippen LogP contribution in [0.2, 0.25) is 17.3 Å². The molecule has 0 aliphatic carbocycles. The van der Waals surface area contributed by atoms with Gasteiger partial charge in [-0.3, -0.25) is 9.97 Å². The number of halogens is 1. The summed E-state index contributed by atoms with van der Waals surface area (Å²) in [6.45, 7) is 10.6. The number of benzene rings is 3. The van der Waals surface area contributed by atoms with Crippen LogP contribution in [0.1, 0.15) is 36.4 Å². The number of imidazole rings is 1. The Morgan fingerprint density at radius 1 is 0.868 bits per heavy atom. The predicted octanol–water partition coefficient (Wildman–Crippen LogP) is 11.0. The fraction of sp³-hybridized carbons (Fsp3) is 0.227. The third-order valence-electron chi connectivity index (χ3n) is 9.10. The maximum Gasteiger partial charge on any atom is 0.214 e. The summed E-state index contributed by atoms with van der Waals surface area (Å²) in [5.41, 5.74) is 10.4. The minimum absolute atomic E-state index is 0. The minimum Gasteiger partial charge on any atom is -0.333 e. The maximum absolute atomic E-state index is 13.9. The summed E-state index contributed by atoms with van der Waals surface area (Å²) in [5, 5.41) is 2.03. The van der Waals surface area contributed by atoms with Gasteiger partial charge in [0.15, 0.2) is 0 Å². The van der Waals surface area contributed by atoms with E-state index in [1.165, 1.54) is 23.0 Å². The molecule has 5 aromatic heterocycles. The molecule has 0 aliphatic heterocycles. The number of aryl methyl sites for hydroxylation is 3. The molecule has 0 amide bonds. The van der Waals surface area contributed by atoms with Crippen LogP contribution in [0.4, 0.5) is 4.39 Å². The fourth-order valence-corrected chi connectivity index (χ4v) is 11.5. The Kier molecular flexibility index (Phi) is 11.5. The molecule has 0 bridgehead atoms. The zero-order valence-corrected chi connectivity index (χ0v) is 36.6. The molecule has 0 unspecified atom stereocenters. The Morgan fingerprint density at radius 3 is 2.30 bits per heavy atom. The number of hydrogen-bond acceptors (Lipinski definition) is 5. The monoisotopic (exact) mass is 958 g/mol. The Balaban J connectivity index is 0.000000199. The van der Waals surface area contributed by atoms with Crippen molar-refractivity contribution in [2.75, 3.05) is 0 Å². The molecule has 0 N–H and O–H groups in total. The van der Waals surface area contributed by atoms with Crippen LogP contribution in [0.3, 0.4) is 0 Å². The largest absolute Gasteiger partial charge is 0.333 e. The van der Waals surface area contributed by atoms with E-state index >= 15 is 0 Å². The molecule has 0 saturated heterocycles. The van der Waals surface area contributed by atoms with Crippen LogP contribution in [-0.4, -0.2) is 37.8 Å². The van der Waals surface area contributed by atoms with E-state index in [4.69, 9.17) is 9.97 Å². The van der Waals surface area contributed by atoms with Crippen molar-refractivity contribution in [3.05, 3.63) is 132 Å². The molecule has 5 nitrogen and oxygen atoms in total. The molecule has 8 aromatic rings. The van der Waals surface area contributed by atoms with Gasteiger partial charge in [0.1, 0.15) is 4.83 Å². The zero-order chi connectivity index (χ0) is 36.7. The van der Waals surface area contributed by atoms with Crippen molar-refractivity contribution in [2.45, 2.75) is 58.3 Å². The second kappa shape index (κ2) is 15.7. The molecular formula is C44H42FGeIrN5S-2. The van der Waals surface area contributed by atoms with Gasteiger partial charge in [0.25, 0.3) is 0 Å². The number of nitrogens with zero attached hydrogens (tertiary/aromatic N) is 5. The first-order chi connectivity index (χ1) is 24.9. The topological polar surface area (TPSA) is 56.5 Å². The van der Waals surface area contributed by atoms with Crippen LogP contribution >= 0.6 is 11.3 Å². The van der Waals surface area contributed by atoms with E-state index in [2.05, 4.69) is 101 Å². The van der Waals surface area contributed by atoms with Crippen LogP contribution in [0.25, 0.3) is 59.7 Å². The minimum atomic E-state index is -1.86. The van der Waals surface area contributed by atoms with Crippen molar-refractivity contribution in [1.29, 1.82) is 0 Å². The molecule has 0 atom stereocenters. The molecule has 3 aromatic carbocycles. The second-order valence-corrected chi connectivity index (χ2v) is 26.4. The van der Waals surface area contributed by atoms with Crippen LogP contribution in [0.5, 0.6) is 0 Å². The Hall–Kier alpha value is -4.08. The van der Waals surface area contributed by atoms with E-state index < -0.39 is 19.2 Å². The van der Waals surface area contributed by atoms with E-state index in [0.717, 1.165) is 78.2 Å². The number of aromatic nitrogens is 5. The van der Waals surface area contributed by atoms with E-state index in [-0.39, 0.29) is 20.1 Å². The van der Waals surface area contributed by atoms with Gasteiger partial charge in [0.2, 0.25) is 5.95 Å². The maximum atomic E-state index is 13.9. The van der Waals surface area contributed by atoms with Crippen LogP contribution < -0.4 is 4.40 Å². The number of pyridine rings is 3. The Labute approximate surface area is 331 Å². The molecule has 0 aliphatic rings. The predicted molar refractivity (Wildman–Crippen MR) is 218 cm³/mol. The van der Waals surface area contributed by atoms with Crippen molar-refractivity contribution in [1.82, 2.24) is 24.5 Å². The summed E-state index contributed by atoms with van der Waals surface area (Å²) in [6.07, 6.45) is 3.27. The van der Waals surface area contributed by atoms with Crippen molar-refractivity contribution in [3.63, 3.8) is 0 Å². The molecule has 271 valence electrons. The summed E-state index contributed by atoms with van der Waals surface area (Å²) in [7, 11) is 0. The van der Waals surface area contributed by atoms with Gasteiger partial charge < -0.3 is 4.57 Å². The van der Waals surface area contributed by atoms with Gasteiger partial charge in [0.05, 0.1) is 16.9 Å². The molecule has 0 saturated carbocycles. The van der Waals surface area contributed by atoms with E-state index in [1.54, 1.807) is 4.40 Å². The summed E-state index contributed by atoms with van der Waals surface area (Å²) >= 11 is -0.375. The number of hydrogen-bond donors (Lipinski definition) is 0. The number of para-hydroxylation sites is 2. The summed E-state index contributed by atoms with van der Waals surface area (Å²) in [6, 6.07) is 34.6. The van der Waals surface area contributed by atoms with Gasteiger partial charge in [-0.1, -0.05) is 30.0 Å². The van der Waals surface area contributed by atoms with Crippen molar-refractivity contribution < 1.29 is 24.5 Å². The molecule has 9 heteroatoms. The fourth-order valence-electron chi connectivity index (χ4n) is 6.89. The molecule has 0 fully saturated rings. The summed E-state index contributed by atoms with van der Waals surface area (Å²) in [4.78, 5) is 19.1. The van der Waals surface area contributed by atoms with Crippen molar-refractivity contribution >= 4 is 60.3 Å². The van der Waals surface area contributed by atoms with Crippen molar-refractivity contribution in [3.8, 4) is 28.3 Å². The number of rotatable bonds is 6. The first-order valence-corrected chi connectivity index (χ1v) is 25.8. The third-order valence-corrected chi connectivity index (χ3v) is 14.5. The number of thiophene rings is 1. The quantitative estimate of drug-likeness (QED) is 0.0947. The van der Waals surface area contributed by atoms with Gasteiger partial charge in [-0.05, 0) is 54.9 Å². The Bertz CT molecular complexity index is 2550. The van der Waals surface area contributed by atoms with Crippen LogP contribution in [0, 0.1) is 44.8 Å². The first kappa shape index (κ1) is 38.6. The molecule has 5 heterocycles. The normalized spacial score (nSPS) is 11.6. The smallest absolute Gasteiger partial charge is 0.214 e. The second-order valence-electron chi connectivity index (χ2n) is 14.9. The summed E-state index contributed by atoms with van der Waals surface area (Å²) in [5.74, 6) is 8.32. The van der Waals surface area contributed by atoms with Crippen LogP contribution in [-0.2, 0) is 26.5 Å². The standard InChI is InChI=1S/C26H18FN4S.C18H24GeN.Ir/c1-14-8-9-19(24-23(14)18-10-11-22(27)30-26(18)32-24)25-29-20-6-4-5-7-21(20)31(25)17-12-15(2)28-16(3)13-17;1-14(2)11-16-12-18(15-9-7-6-8-10-15)20-13-17(16)19(3,4)5;/h4-8,10-13H,1-3H3;6-9,12-14H,11H2,1-5H3;/q2*-1;. The molecular weight excluding hydrogens is 914 g/mol. The Morgan fingerprint density at radius 2 is 1.60 bits per heavy atom. The van der Waals surface area contributed by atoms with E-state index in [9.17, 15) is 4.39 Å². The summed E-state index contributed by atoms with van der Waals surface area (Å²) < 4.78 is 18.6. The molecule has 1 radical (unpaired) electrons. The van der Waals surface area contributed by atoms with Crippen LogP contribution in [0.15, 0.2) is 91.1 Å². The van der Waals surface area contributed by atoms with Crippen molar-refractivity contribution in [2.24, 2.45) is 5.92 Å². The van der Waals surface area contributed by atoms with Gasteiger partial charge in [-0.2, -0.15) is 15.7 Å². The molecule has 0 spiro atoms. The average molecular weight is 957 g/mol. The average Bonchev–Trinajstić information content (AvgIpc) is 3.67. The zero-order valence-electron chi connectivity index (χ0n) is 31.3. The van der Waals surface area contributed by atoms with Gasteiger partial charge in [-0.25, -0.2) is 4.98 Å². The van der Waals surface area contributed by atoms with Gasteiger partial charge in [0, 0.05) is 42.6 Å². The molecule has 8 rings (SSSR count). The molecule has 53 heavy (non-hydrogen) atoms. The SMILES string of the molecule is CC(C)Cc1cc(-c2[c-]cccc2)nc[c]1[Ge]([CH3])([CH3])[CH3].Cc1cc(-n2c(-c3[c-]cc(C)c4c3sc3nc(F)ccc34)nc3ccccc32)cc(C)n1.[Ir]. The van der Waals surface area contributed by atoms with E-state index in [1.807, 2.05) is 62.4 Å².